The molecule has 134 valence electrons. The molecule has 0 unspecified atom stereocenters. The van der Waals surface area contributed by atoms with Crippen molar-refractivity contribution < 1.29 is 14.0 Å². The van der Waals surface area contributed by atoms with Crippen LogP contribution in [0.4, 0.5) is 15.8 Å². The Morgan fingerprint density at radius 3 is 2.89 bits per heavy atom. The van der Waals surface area contributed by atoms with Crippen molar-refractivity contribution in [3.63, 3.8) is 0 Å². The second-order valence-corrected chi connectivity index (χ2v) is 6.17. The number of aromatic nitrogens is 2. The molecule has 2 heterocycles. The van der Waals surface area contributed by atoms with Crippen LogP contribution in [0, 0.1) is 5.82 Å². The van der Waals surface area contributed by atoms with Crippen LogP contribution in [0.25, 0.3) is 11.3 Å². The number of carbonyl (C=O) groups is 2. The molecule has 1 aliphatic rings. The van der Waals surface area contributed by atoms with Gasteiger partial charge in [0, 0.05) is 29.6 Å². The number of nitrogens with zero attached hydrogens (tertiary/aromatic N) is 2. The Morgan fingerprint density at radius 1 is 1.15 bits per heavy atom. The Kier molecular flexibility index (Phi) is 4.33. The molecule has 3 aromatic rings. The van der Waals surface area contributed by atoms with E-state index in [1.807, 2.05) is 6.07 Å². The number of amides is 2. The number of hydrogen-bond acceptors (Lipinski definition) is 4. The number of benzene rings is 2. The van der Waals surface area contributed by atoms with Crippen LogP contribution in [0.1, 0.15) is 22.3 Å². The summed E-state index contributed by atoms with van der Waals surface area (Å²) >= 11 is 0. The van der Waals surface area contributed by atoms with Gasteiger partial charge in [0.15, 0.2) is 0 Å². The standard InChI is InChI=1S/C20H15FN4O2/c21-14-3-1-2-13(8-14)19-16(10-22-11-23-19)20(27)24-15-5-6-17-12(9-15)4-7-18(26)25-17/h1-3,5-6,8-11H,4,7H2,(H,24,27)(H,25,26). The summed E-state index contributed by atoms with van der Waals surface area (Å²) in [6.45, 7) is 0. The first-order valence-electron chi connectivity index (χ1n) is 8.40. The molecule has 0 bridgehead atoms. The zero-order valence-corrected chi connectivity index (χ0v) is 14.2. The van der Waals surface area contributed by atoms with E-state index >= 15 is 0 Å². The van der Waals surface area contributed by atoms with Crippen molar-refractivity contribution in [2.24, 2.45) is 0 Å². The van der Waals surface area contributed by atoms with Gasteiger partial charge in [0.1, 0.15) is 12.1 Å². The molecule has 27 heavy (non-hydrogen) atoms. The predicted molar refractivity (Wildman–Crippen MR) is 98.8 cm³/mol. The summed E-state index contributed by atoms with van der Waals surface area (Å²) in [7, 11) is 0. The number of fused-ring (bicyclic) bond motifs is 1. The number of halogens is 1. The number of nitrogens with one attached hydrogen (secondary N) is 2. The number of aryl methyl sites for hydroxylation is 1. The molecule has 0 saturated heterocycles. The molecular weight excluding hydrogens is 347 g/mol. The third-order valence-corrected chi connectivity index (χ3v) is 4.31. The monoisotopic (exact) mass is 362 g/mol. The van der Waals surface area contributed by atoms with E-state index in [0.29, 0.717) is 29.8 Å². The number of rotatable bonds is 3. The molecule has 0 saturated carbocycles. The normalized spacial score (nSPS) is 12.9. The summed E-state index contributed by atoms with van der Waals surface area (Å²) in [5.41, 5.74) is 3.41. The van der Waals surface area contributed by atoms with Gasteiger partial charge in [0.05, 0.1) is 11.3 Å². The molecule has 0 spiro atoms. The molecule has 2 N–H and O–H groups in total. The molecule has 0 atom stereocenters. The van der Waals surface area contributed by atoms with Crippen LogP contribution in [0.3, 0.4) is 0 Å². The molecule has 0 fully saturated rings. The van der Waals surface area contributed by atoms with Crippen molar-refractivity contribution in [3.05, 3.63) is 71.9 Å². The fourth-order valence-corrected chi connectivity index (χ4v) is 3.02. The topological polar surface area (TPSA) is 84.0 Å². The SMILES string of the molecule is O=C1CCc2cc(NC(=O)c3cncnc3-c3cccc(F)c3)ccc2N1. The minimum absolute atomic E-state index is 0.0135. The third kappa shape index (κ3) is 3.52. The quantitative estimate of drug-likeness (QED) is 0.748. The Morgan fingerprint density at radius 2 is 2.04 bits per heavy atom. The lowest BCUT2D eigenvalue weighted by atomic mass is 10.0. The van der Waals surface area contributed by atoms with Gasteiger partial charge in [-0.25, -0.2) is 14.4 Å². The minimum Gasteiger partial charge on any atom is -0.326 e. The highest BCUT2D eigenvalue weighted by molar-refractivity contribution is 6.08. The Balaban J connectivity index is 1.62. The molecule has 0 radical (unpaired) electrons. The van der Waals surface area contributed by atoms with Gasteiger partial charge >= 0.3 is 0 Å². The van der Waals surface area contributed by atoms with Gasteiger partial charge in [0.2, 0.25) is 5.91 Å². The highest BCUT2D eigenvalue weighted by Crippen LogP contribution is 2.27. The van der Waals surface area contributed by atoms with Crippen molar-refractivity contribution in [2.45, 2.75) is 12.8 Å². The van der Waals surface area contributed by atoms with Crippen molar-refractivity contribution in [3.8, 4) is 11.3 Å². The van der Waals surface area contributed by atoms with E-state index in [1.54, 1.807) is 24.3 Å². The number of anilines is 2. The maximum Gasteiger partial charge on any atom is 0.259 e. The Hall–Kier alpha value is -3.61. The fraction of sp³-hybridized carbons (Fsp3) is 0.100. The molecular formula is C20H15FN4O2. The first-order valence-corrected chi connectivity index (χ1v) is 8.40. The van der Waals surface area contributed by atoms with Crippen LogP contribution in [0.2, 0.25) is 0 Å². The summed E-state index contributed by atoms with van der Waals surface area (Å²) in [6.07, 6.45) is 3.76. The van der Waals surface area contributed by atoms with Crippen LogP contribution in [0.15, 0.2) is 55.0 Å². The smallest absolute Gasteiger partial charge is 0.259 e. The average molecular weight is 362 g/mol. The van der Waals surface area contributed by atoms with Gasteiger partial charge in [-0.2, -0.15) is 0 Å². The van der Waals surface area contributed by atoms with Gasteiger partial charge in [-0.3, -0.25) is 9.59 Å². The van der Waals surface area contributed by atoms with Gasteiger partial charge in [-0.15, -0.1) is 0 Å². The first kappa shape index (κ1) is 16.8. The van der Waals surface area contributed by atoms with Crippen molar-refractivity contribution >= 4 is 23.2 Å². The Bertz CT molecular complexity index is 1050. The summed E-state index contributed by atoms with van der Waals surface area (Å²) in [5.74, 6) is -0.815. The maximum atomic E-state index is 13.5. The van der Waals surface area contributed by atoms with E-state index in [9.17, 15) is 14.0 Å². The summed E-state index contributed by atoms with van der Waals surface area (Å²) < 4.78 is 13.5. The van der Waals surface area contributed by atoms with Gasteiger partial charge in [-0.1, -0.05) is 12.1 Å². The van der Waals surface area contributed by atoms with Crippen molar-refractivity contribution in [1.29, 1.82) is 0 Å². The highest BCUT2D eigenvalue weighted by atomic mass is 19.1. The fourth-order valence-electron chi connectivity index (χ4n) is 3.02. The van der Waals surface area contributed by atoms with E-state index in [0.717, 1.165) is 11.3 Å². The predicted octanol–water partition coefficient (Wildman–Crippen LogP) is 3.42. The zero-order valence-electron chi connectivity index (χ0n) is 14.2. The van der Waals surface area contributed by atoms with Crippen LogP contribution in [-0.4, -0.2) is 21.8 Å². The zero-order chi connectivity index (χ0) is 18.8. The van der Waals surface area contributed by atoms with Gasteiger partial charge < -0.3 is 10.6 Å². The lowest BCUT2D eigenvalue weighted by Crippen LogP contribution is -2.19. The molecule has 0 aliphatic carbocycles. The molecule has 1 aliphatic heterocycles. The Labute approximate surface area is 154 Å². The molecule has 6 nitrogen and oxygen atoms in total. The van der Waals surface area contributed by atoms with Crippen LogP contribution >= 0.6 is 0 Å². The number of carbonyl (C=O) groups excluding carboxylic acids is 2. The highest BCUT2D eigenvalue weighted by Gasteiger charge is 2.18. The third-order valence-electron chi connectivity index (χ3n) is 4.31. The second kappa shape index (κ2) is 6.95. The lowest BCUT2D eigenvalue weighted by molar-refractivity contribution is -0.116. The van der Waals surface area contributed by atoms with E-state index < -0.39 is 11.7 Å². The molecule has 7 heteroatoms. The molecule has 4 rings (SSSR count). The van der Waals surface area contributed by atoms with Gasteiger partial charge in [-0.05, 0) is 42.3 Å². The minimum atomic E-state index is -0.408. The van der Waals surface area contributed by atoms with Crippen molar-refractivity contribution in [2.75, 3.05) is 10.6 Å². The van der Waals surface area contributed by atoms with Gasteiger partial charge in [0.25, 0.3) is 5.91 Å². The lowest BCUT2D eigenvalue weighted by Gasteiger charge is -2.18. The van der Waals surface area contributed by atoms with Crippen LogP contribution in [-0.2, 0) is 11.2 Å². The summed E-state index contributed by atoms with van der Waals surface area (Å²) in [6, 6.07) is 11.2. The largest absolute Gasteiger partial charge is 0.326 e. The van der Waals surface area contributed by atoms with Crippen LogP contribution < -0.4 is 10.6 Å². The van der Waals surface area contributed by atoms with Crippen molar-refractivity contribution in [1.82, 2.24) is 9.97 Å². The molecule has 2 aromatic carbocycles. The van der Waals surface area contributed by atoms with E-state index in [1.165, 1.54) is 24.7 Å². The average Bonchev–Trinajstić information content (AvgIpc) is 2.68. The molecule has 2 amide bonds. The molecule has 1 aromatic heterocycles. The second-order valence-electron chi connectivity index (χ2n) is 6.17. The first-order chi connectivity index (χ1) is 13.1. The maximum absolute atomic E-state index is 13.5. The summed E-state index contributed by atoms with van der Waals surface area (Å²) in [4.78, 5) is 32.3. The van der Waals surface area contributed by atoms with E-state index in [2.05, 4.69) is 20.6 Å². The summed E-state index contributed by atoms with van der Waals surface area (Å²) in [5, 5.41) is 5.62. The number of hydrogen-bond donors (Lipinski definition) is 2. The van der Waals surface area contributed by atoms with E-state index in [4.69, 9.17) is 0 Å². The van der Waals surface area contributed by atoms with E-state index in [-0.39, 0.29) is 11.5 Å². The van der Waals surface area contributed by atoms with Crippen LogP contribution in [0.5, 0.6) is 0 Å².